The maximum atomic E-state index is 12.8. The van der Waals surface area contributed by atoms with Gasteiger partial charge in [-0.05, 0) is 54.2 Å². The molecule has 0 aliphatic heterocycles. The van der Waals surface area contributed by atoms with Crippen molar-refractivity contribution in [3.05, 3.63) is 66.0 Å². The summed E-state index contributed by atoms with van der Waals surface area (Å²) in [6.07, 6.45) is 6.34. The van der Waals surface area contributed by atoms with Crippen LogP contribution in [0.25, 0.3) is 11.4 Å². The summed E-state index contributed by atoms with van der Waals surface area (Å²) < 4.78 is 30.4. The Balaban J connectivity index is 1.55. The van der Waals surface area contributed by atoms with Crippen LogP contribution < -0.4 is 4.72 Å². The highest BCUT2D eigenvalue weighted by Gasteiger charge is 2.23. The number of hydrogen-bond donors (Lipinski definition) is 1. The van der Waals surface area contributed by atoms with E-state index < -0.39 is 10.0 Å². The fourth-order valence-electron chi connectivity index (χ4n) is 4.05. The van der Waals surface area contributed by atoms with Crippen molar-refractivity contribution in [1.29, 1.82) is 0 Å². The van der Waals surface area contributed by atoms with E-state index in [1.807, 2.05) is 41.1 Å². The highest BCUT2D eigenvalue weighted by atomic mass is 32.2. The lowest BCUT2D eigenvalue weighted by atomic mass is 9.87. The quantitative estimate of drug-likeness (QED) is 0.598. The Kier molecular flexibility index (Phi) is 5.99. The second kappa shape index (κ2) is 8.55. The molecular formula is C24H30N4O2S. The molecule has 1 fully saturated rings. The summed E-state index contributed by atoms with van der Waals surface area (Å²) in [6, 6.07) is 15.2. The molecule has 0 unspecified atom stereocenters. The van der Waals surface area contributed by atoms with E-state index in [2.05, 4.69) is 30.5 Å². The van der Waals surface area contributed by atoms with Gasteiger partial charge in [-0.1, -0.05) is 51.8 Å². The zero-order chi connectivity index (χ0) is 22.1. The molecule has 2 heterocycles. The molecule has 0 bridgehead atoms. The maximum Gasteiger partial charge on any atom is 0.240 e. The summed E-state index contributed by atoms with van der Waals surface area (Å²) in [5.74, 6) is 0. The van der Waals surface area contributed by atoms with Crippen LogP contribution in [0.1, 0.15) is 63.8 Å². The molecule has 0 atom stereocenters. The van der Waals surface area contributed by atoms with Gasteiger partial charge in [0.25, 0.3) is 0 Å². The Bertz CT molecular complexity index is 1120. The van der Waals surface area contributed by atoms with Crippen LogP contribution in [0.3, 0.4) is 0 Å². The summed E-state index contributed by atoms with van der Waals surface area (Å²) in [5.41, 5.74) is 3.57. The normalized spacial score (nSPS) is 15.5. The first-order valence-electron chi connectivity index (χ1n) is 10.8. The standard InChI is InChI=1S/C24H30N4O2S/c1-24(2,3)18-11-13-21(14-12-18)31(29,30)26-17-19-16-23(22-10-6-7-15-25-22)28(27-19)20-8-4-5-9-20/h6-7,10-16,20,26H,4-5,8-9,17H2,1-3H3. The predicted molar refractivity (Wildman–Crippen MR) is 122 cm³/mol. The van der Waals surface area contributed by atoms with Gasteiger partial charge in [0.1, 0.15) is 0 Å². The number of nitrogens with one attached hydrogen (secondary N) is 1. The Morgan fingerprint density at radius 1 is 1.06 bits per heavy atom. The van der Waals surface area contributed by atoms with Gasteiger partial charge in [0.2, 0.25) is 10.0 Å². The van der Waals surface area contributed by atoms with E-state index in [9.17, 15) is 8.42 Å². The average Bonchev–Trinajstić information content (AvgIpc) is 3.42. The summed E-state index contributed by atoms with van der Waals surface area (Å²) in [4.78, 5) is 4.74. The maximum absolute atomic E-state index is 12.8. The number of aromatic nitrogens is 3. The molecular weight excluding hydrogens is 408 g/mol. The monoisotopic (exact) mass is 438 g/mol. The van der Waals surface area contributed by atoms with Gasteiger partial charge in [-0.2, -0.15) is 5.10 Å². The van der Waals surface area contributed by atoms with Crippen molar-refractivity contribution in [1.82, 2.24) is 19.5 Å². The summed E-state index contributed by atoms with van der Waals surface area (Å²) in [7, 11) is -3.62. The Morgan fingerprint density at radius 2 is 1.77 bits per heavy atom. The lowest BCUT2D eigenvalue weighted by Gasteiger charge is -2.19. The minimum Gasteiger partial charge on any atom is -0.260 e. The van der Waals surface area contributed by atoms with Crippen molar-refractivity contribution in [3.63, 3.8) is 0 Å². The Hall–Kier alpha value is -2.51. The molecule has 31 heavy (non-hydrogen) atoms. The molecule has 0 saturated heterocycles. The molecule has 4 rings (SSSR count). The van der Waals surface area contributed by atoms with Gasteiger partial charge >= 0.3 is 0 Å². The van der Waals surface area contributed by atoms with Crippen LogP contribution in [0.4, 0.5) is 0 Å². The second-order valence-corrected chi connectivity index (χ2v) is 11.0. The minimum atomic E-state index is -3.62. The van der Waals surface area contributed by atoms with E-state index in [-0.39, 0.29) is 16.9 Å². The molecule has 3 aromatic rings. The van der Waals surface area contributed by atoms with Crippen molar-refractivity contribution in [3.8, 4) is 11.4 Å². The molecule has 0 spiro atoms. The van der Waals surface area contributed by atoms with Gasteiger partial charge in [0.05, 0.1) is 34.6 Å². The van der Waals surface area contributed by atoms with Crippen LogP contribution in [-0.2, 0) is 22.0 Å². The molecule has 2 aromatic heterocycles. The molecule has 1 aliphatic rings. The van der Waals surface area contributed by atoms with Gasteiger partial charge in [-0.25, -0.2) is 13.1 Å². The van der Waals surface area contributed by atoms with Crippen molar-refractivity contribution >= 4 is 10.0 Å². The van der Waals surface area contributed by atoms with Gasteiger partial charge < -0.3 is 0 Å². The number of rotatable bonds is 6. The van der Waals surface area contributed by atoms with Gasteiger partial charge in [-0.3, -0.25) is 9.67 Å². The third kappa shape index (κ3) is 4.88. The number of benzene rings is 1. The Labute approximate surface area is 184 Å². The number of hydrogen-bond acceptors (Lipinski definition) is 4. The smallest absolute Gasteiger partial charge is 0.240 e. The largest absolute Gasteiger partial charge is 0.260 e. The highest BCUT2D eigenvalue weighted by molar-refractivity contribution is 7.89. The SMILES string of the molecule is CC(C)(C)c1ccc(S(=O)(=O)NCc2cc(-c3ccccn3)n(C3CCCC3)n2)cc1. The van der Waals surface area contributed by atoms with E-state index in [4.69, 9.17) is 5.10 Å². The zero-order valence-corrected chi connectivity index (χ0v) is 19.2. The fourth-order valence-corrected chi connectivity index (χ4v) is 5.05. The van der Waals surface area contributed by atoms with Crippen LogP contribution >= 0.6 is 0 Å². The third-order valence-corrected chi connectivity index (χ3v) is 7.28. The van der Waals surface area contributed by atoms with Crippen molar-refractivity contribution < 1.29 is 8.42 Å². The molecule has 164 valence electrons. The summed E-state index contributed by atoms with van der Waals surface area (Å²) in [5, 5.41) is 4.76. The van der Waals surface area contributed by atoms with Crippen LogP contribution in [0.5, 0.6) is 0 Å². The Morgan fingerprint density at radius 3 is 2.39 bits per heavy atom. The molecule has 1 aromatic carbocycles. The zero-order valence-electron chi connectivity index (χ0n) is 18.4. The van der Waals surface area contributed by atoms with Crippen LogP contribution in [-0.4, -0.2) is 23.2 Å². The van der Waals surface area contributed by atoms with Crippen molar-refractivity contribution in [2.24, 2.45) is 0 Å². The summed E-state index contributed by atoms with van der Waals surface area (Å²) >= 11 is 0. The van der Waals surface area contributed by atoms with E-state index >= 15 is 0 Å². The van der Waals surface area contributed by atoms with Crippen LogP contribution in [0, 0.1) is 0 Å². The number of pyridine rings is 1. The van der Waals surface area contributed by atoms with E-state index in [0.717, 1.165) is 29.8 Å². The topological polar surface area (TPSA) is 76.9 Å². The minimum absolute atomic E-state index is 0.0231. The van der Waals surface area contributed by atoms with E-state index in [1.54, 1.807) is 18.3 Å². The lowest BCUT2D eigenvalue weighted by Crippen LogP contribution is -2.24. The molecule has 7 heteroatoms. The first-order chi connectivity index (χ1) is 14.7. The van der Waals surface area contributed by atoms with Gasteiger partial charge in [0.15, 0.2) is 0 Å². The average molecular weight is 439 g/mol. The predicted octanol–water partition coefficient (Wildman–Crippen LogP) is 4.84. The van der Waals surface area contributed by atoms with Gasteiger partial charge in [0, 0.05) is 6.20 Å². The fraction of sp³-hybridized carbons (Fsp3) is 0.417. The third-order valence-electron chi connectivity index (χ3n) is 5.86. The van der Waals surface area contributed by atoms with Crippen LogP contribution in [0.2, 0.25) is 0 Å². The molecule has 1 N–H and O–H groups in total. The number of sulfonamides is 1. The molecule has 0 radical (unpaired) electrons. The van der Waals surface area contributed by atoms with Crippen molar-refractivity contribution in [2.75, 3.05) is 0 Å². The van der Waals surface area contributed by atoms with Gasteiger partial charge in [-0.15, -0.1) is 0 Å². The number of nitrogens with zero attached hydrogens (tertiary/aromatic N) is 3. The lowest BCUT2D eigenvalue weighted by molar-refractivity contribution is 0.466. The highest BCUT2D eigenvalue weighted by Crippen LogP contribution is 2.33. The van der Waals surface area contributed by atoms with E-state index in [0.29, 0.717) is 11.7 Å². The molecule has 0 amide bonds. The molecule has 6 nitrogen and oxygen atoms in total. The first-order valence-corrected chi connectivity index (χ1v) is 12.3. The van der Waals surface area contributed by atoms with Crippen LogP contribution in [0.15, 0.2) is 59.6 Å². The van der Waals surface area contributed by atoms with E-state index in [1.165, 1.54) is 12.8 Å². The summed E-state index contributed by atoms with van der Waals surface area (Å²) in [6.45, 7) is 6.46. The first kappa shape index (κ1) is 21.7. The molecule has 1 saturated carbocycles. The second-order valence-electron chi connectivity index (χ2n) is 9.22. The van der Waals surface area contributed by atoms with Crippen molar-refractivity contribution in [2.45, 2.75) is 69.4 Å². The molecule has 1 aliphatic carbocycles.